The van der Waals surface area contributed by atoms with Crippen LogP contribution in [0.3, 0.4) is 0 Å². The van der Waals surface area contributed by atoms with Gasteiger partial charge in [-0.1, -0.05) is 6.07 Å². The van der Waals surface area contributed by atoms with Crippen molar-refractivity contribution in [2.24, 2.45) is 5.92 Å². The summed E-state index contributed by atoms with van der Waals surface area (Å²) in [5.41, 5.74) is 0.982. The number of hydrogen-bond donors (Lipinski definition) is 2. The zero-order valence-corrected chi connectivity index (χ0v) is 17.1. The summed E-state index contributed by atoms with van der Waals surface area (Å²) in [7, 11) is 3.03. The predicted octanol–water partition coefficient (Wildman–Crippen LogP) is 3.52. The lowest BCUT2D eigenvalue weighted by molar-refractivity contribution is 0.0935. The van der Waals surface area contributed by atoms with Gasteiger partial charge >= 0.3 is 6.03 Å². The molecule has 0 unspecified atom stereocenters. The molecule has 30 heavy (non-hydrogen) atoms. The minimum absolute atomic E-state index is 0.204. The Morgan fingerprint density at radius 2 is 1.77 bits per heavy atom. The van der Waals surface area contributed by atoms with Crippen LogP contribution >= 0.6 is 0 Å². The maximum absolute atomic E-state index is 13.0. The smallest absolute Gasteiger partial charge is 0.321 e. The highest BCUT2D eigenvalue weighted by Crippen LogP contribution is 2.30. The summed E-state index contributed by atoms with van der Waals surface area (Å²) >= 11 is 0. The van der Waals surface area contributed by atoms with Crippen LogP contribution in [0, 0.1) is 11.7 Å². The van der Waals surface area contributed by atoms with Gasteiger partial charge < -0.3 is 25.0 Å². The molecule has 1 aliphatic heterocycles. The standard InChI is InChI=1S/C22H26FN3O4/c1-29-19-5-3-4-18(20(19)30-2)21(27)24-14-15-10-12-26(13-11-15)22(28)25-17-8-6-16(23)7-9-17/h3-9,15H,10-14H2,1-2H3,(H,24,27)(H,25,28). The first kappa shape index (κ1) is 21.4. The Balaban J connectivity index is 1.47. The normalized spacial score (nSPS) is 14.2. The molecule has 0 radical (unpaired) electrons. The molecule has 2 aromatic rings. The number of anilines is 1. The van der Waals surface area contributed by atoms with Gasteiger partial charge in [-0.2, -0.15) is 0 Å². The molecule has 1 fully saturated rings. The van der Waals surface area contributed by atoms with Crippen LogP contribution in [0.1, 0.15) is 23.2 Å². The molecular formula is C22H26FN3O4. The minimum Gasteiger partial charge on any atom is -0.493 e. The summed E-state index contributed by atoms with van der Waals surface area (Å²) in [6.07, 6.45) is 1.57. The Hall–Kier alpha value is -3.29. The Kier molecular flexibility index (Phi) is 7.11. The molecular weight excluding hydrogens is 389 g/mol. The van der Waals surface area contributed by atoms with Gasteiger partial charge in [-0.25, -0.2) is 9.18 Å². The lowest BCUT2D eigenvalue weighted by Gasteiger charge is -2.32. The van der Waals surface area contributed by atoms with Crippen molar-refractivity contribution in [3.63, 3.8) is 0 Å². The van der Waals surface area contributed by atoms with E-state index in [1.54, 1.807) is 23.1 Å². The summed E-state index contributed by atoms with van der Waals surface area (Å²) in [6.45, 7) is 1.71. The molecule has 2 aromatic carbocycles. The average Bonchev–Trinajstić information content (AvgIpc) is 2.78. The second-order valence-electron chi connectivity index (χ2n) is 7.12. The van der Waals surface area contributed by atoms with Gasteiger partial charge in [0.25, 0.3) is 5.91 Å². The summed E-state index contributed by atoms with van der Waals surface area (Å²) in [6, 6.07) is 10.6. The number of piperidine rings is 1. The van der Waals surface area contributed by atoms with Crippen LogP contribution < -0.4 is 20.1 Å². The summed E-state index contributed by atoms with van der Waals surface area (Å²) in [4.78, 5) is 26.7. The summed E-state index contributed by atoms with van der Waals surface area (Å²) in [5, 5.41) is 5.73. The average molecular weight is 415 g/mol. The van der Waals surface area contributed by atoms with Crippen molar-refractivity contribution < 1.29 is 23.5 Å². The van der Waals surface area contributed by atoms with E-state index in [-0.39, 0.29) is 23.7 Å². The van der Waals surface area contributed by atoms with Crippen LogP contribution in [-0.4, -0.2) is 50.7 Å². The highest BCUT2D eigenvalue weighted by atomic mass is 19.1. The fourth-order valence-electron chi connectivity index (χ4n) is 3.47. The Morgan fingerprint density at radius 3 is 2.40 bits per heavy atom. The molecule has 1 saturated heterocycles. The Labute approximate surface area is 175 Å². The van der Waals surface area contributed by atoms with Gasteiger partial charge in [-0.3, -0.25) is 4.79 Å². The number of benzene rings is 2. The molecule has 3 amide bonds. The maximum Gasteiger partial charge on any atom is 0.321 e. The minimum atomic E-state index is -0.345. The van der Waals surface area contributed by atoms with Gasteiger partial charge in [0.15, 0.2) is 11.5 Å². The van der Waals surface area contributed by atoms with E-state index >= 15 is 0 Å². The third-order valence-electron chi connectivity index (χ3n) is 5.20. The van der Waals surface area contributed by atoms with Crippen molar-refractivity contribution in [1.82, 2.24) is 10.2 Å². The van der Waals surface area contributed by atoms with E-state index in [1.807, 2.05) is 0 Å². The summed E-state index contributed by atoms with van der Waals surface area (Å²) in [5.74, 6) is 0.625. The first-order valence-corrected chi connectivity index (χ1v) is 9.82. The van der Waals surface area contributed by atoms with Gasteiger partial charge in [0.1, 0.15) is 5.82 Å². The Bertz CT molecular complexity index is 880. The molecule has 1 heterocycles. The number of para-hydroxylation sites is 1. The van der Waals surface area contributed by atoms with Crippen molar-refractivity contribution in [3.8, 4) is 11.5 Å². The van der Waals surface area contributed by atoms with Crippen molar-refractivity contribution in [2.75, 3.05) is 39.2 Å². The van der Waals surface area contributed by atoms with Crippen molar-refractivity contribution >= 4 is 17.6 Å². The number of halogens is 1. The van der Waals surface area contributed by atoms with E-state index in [2.05, 4.69) is 10.6 Å². The number of carbonyl (C=O) groups is 2. The fourth-order valence-corrected chi connectivity index (χ4v) is 3.47. The number of nitrogens with one attached hydrogen (secondary N) is 2. The molecule has 0 atom stereocenters. The third kappa shape index (κ3) is 5.20. The number of carbonyl (C=O) groups excluding carboxylic acids is 2. The van der Waals surface area contributed by atoms with Gasteiger partial charge in [0.05, 0.1) is 19.8 Å². The van der Waals surface area contributed by atoms with Gasteiger partial charge in [0, 0.05) is 25.3 Å². The first-order valence-electron chi connectivity index (χ1n) is 9.82. The SMILES string of the molecule is COc1cccc(C(=O)NCC2CCN(C(=O)Nc3ccc(F)cc3)CC2)c1OC. The molecule has 0 saturated carbocycles. The van der Waals surface area contributed by atoms with Crippen molar-refractivity contribution in [2.45, 2.75) is 12.8 Å². The molecule has 0 aromatic heterocycles. The molecule has 1 aliphatic rings. The van der Waals surface area contributed by atoms with Crippen LogP contribution in [0.25, 0.3) is 0 Å². The number of ether oxygens (including phenoxy) is 2. The number of likely N-dealkylation sites (tertiary alicyclic amines) is 1. The number of nitrogens with zero attached hydrogens (tertiary/aromatic N) is 1. The third-order valence-corrected chi connectivity index (χ3v) is 5.20. The molecule has 160 valence electrons. The van der Waals surface area contributed by atoms with Crippen LogP contribution in [0.5, 0.6) is 11.5 Å². The quantitative estimate of drug-likeness (QED) is 0.757. The topological polar surface area (TPSA) is 79.9 Å². The van der Waals surface area contributed by atoms with E-state index in [0.717, 1.165) is 12.8 Å². The number of rotatable bonds is 6. The Morgan fingerprint density at radius 1 is 1.07 bits per heavy atom. The fraction of sp³-hybridized carbons (Fsp3) is 0.364. The number of amides is 3. The van der Waals surface area contributed by atoms with Crippen LogP contribution in [0.2, 0.25) is 0 Å². The zero-order valence-electron chi connectivity index (χ0n) is 17.1. The lowest BCUT2D eigenvalue weighted by Crippen LogP contribution is -2.43. The van der Waals surface area contributed by atoms with E-state index in [9.17, 15) is 14.0 Å². The first-order chi connectivity index (χ1) is 14.5. The largest absolute Gasteiger partial charge is 0.493 e. The molecule has 2 N–H and O–H groups in total. The van der Waals surface area contributed by atoms with E-state index < -0.39 is 0 Å². The number of hydrogen-bond acceptors (Lipinski definition) is 4. The lowest BCUT2D eigenvalue weighted by atomic mass is 9.97. The molecule has 3 rings (SSSR count). The van der Waals surface area contributed by atoms with Gasteiger partial charge in [-0.15, -0.1) is 0 Å². The molecule has 0 bridgehead atoms. The second kappa shape index (κ2) is 9.96. The predicted molar refractivity (Wildman–Crippen MR) is 112 cm³/mol. The van der Waals surface area contributed by atoms with Gasteiger partial charge in [-0.05, 0) is 55.2 Å². The van der Waals surface area contributed by atoms with Crippen LogP contribution in [0.15, 0.2) is 42.5 Å². The van der Waals surface area contributed by atoms with E-state index in [0.29, 0.717) is 42.4 Å². The van der Waals surface area contributed by atoms with E-state index in [4.69, 9.17) is 9.47 Å². The highest BCUT2D eigenvalue weighted by Gasteiger charge is 2.24. The number of methoxy groups -OCH3 is 2. The maximum atomic E-state index is 13.0. The highest BCUT2D eigenvalue weighted by molar-refractivity contribution is 5.97. The van der Waals surface area contributed by atoms with Crippen molar-refractivity contribution in [1.29, 1.82) is 0 Å². The van der Waals surface area contributed by atoms with Crippen LogP contribution in [-0.2, 0) is 0 Å². The molecule has 0 aliphatic carbocycles. The van der Waals surface area contributed by atoms with Crippen molar-refractivity contribution in [3.05, 3.63) is 53.8 Å². The van der Waals surface area contributed by atoms with Gasteiger partial charge in [0.2, 0.25) is 0 Å². The summed E-state index contributed by atoms with van der Waals surface area (Å²) < 4.78 is 23.5. The van der Waals surface area contributed by atoms with E-state index in [1.165, 1.54) is 38.5 Å². The molecule has 0 spiro atoms. The molecule has 7 nitrogen and oxygen atoms in total. The van der Waals surface area contributed by atoms with Crippen LogP contribution in [0.4, 0.5) is 14.9 Å². The number of urea groups is 1. The second-order valence-corrected chi connectivity index (χ2v) is 7.12. The zero-order chi connectivity index (χ0) is 21.5. The molecule has 8 heteroatoms. The monoisotopic (exact) mass is 415 g/mol.